The second kappa shape index (κ2) is 6.93. The van der Waals surface area contributed by atoms with Crippen LogP contribution in [0.1, 0.15) is 12.8 Å². The molecule has 128 valence electrons. The molecule has 0 aromatic carbocycles. The summed E-state index contributed by atoms with van der Waals surface area (Å²) in [5.41, 5.74) is 0.635. The highest BCUT2D eigenvalue weighted by Crippen LogP contribution is 2.22. The molecule has 4 heterocycles. The first-order chi connectivity index (χ1) is 12.3. The topological polar surface area (TPSA) is 59.7 Å². The van der Waals surface area contributed by atoms with Crippen LogP contribution in [0.4, 0.5) is 5.82 Å². The number of aromatic nitrogens is 3. The summed E-state index contributed by atoms with van der Waals surface area (Å²) in [5, 5.41) is 0. The Hall–Kier alpha value is -2.89. The number of anilines is 1. The lowest BCUT2D eigenvalue weighted by Crippen LogP contribution is -2.39. The average molecular weight is 336 g/mol. The van der Waals surface area contributed by atoms with Gasteiger partial charge < -0.3 is 9.64 Å². The van der Waals surface area contributed by atoms with Crippen LogP contribution in [0.25, 0.3) is 5.65 Å². The summed E-state index contributed by atoms with van der Waals surface area (Å²) < 4.78 is 7.44. The second-order valence-electron chi connectivity index (χ2n) is 6.33. The molecule has 1 saturated heterocycles. The number of ether oxygens (including phenoxy) is 1. The molecular weight excluding hydrogens is 316 g/mol. The number of pyridine rings is 2. The molecule has 6 nitrogen and oxygen atoms in total. The highest BCUT2D eigenvalue weighted by molar-refractivity contribution is 5.48. The predicted octanol–water partition coefficient (Wildman–Crippen LogP) is 2.38. The summed E-state index contributed by atoms with van der Waals surface area (Å²) in [7, 11) is 0. The summed E-state index contributed by atoms with van der Waals surface area (Å²) in [6.45, 7) is 2.43. The molecule has 1 aliphatic heterocycles. The van der Waals surface area contributed by atoms with Crippen LogP contribution in [-0.4, -0.2) is 34.1 Å². The molecule has 6 heteroatoms. The Morgan fingerprint density at radius 2 is 2.08 bits per heavy atom. The summed E-state index contributed by atoms with van der Waals surface area (Å²) in [4.78, 5) is 23.1. The number of nitrogens with zero attached hydrogens (tertiary/aromatic N) is 4. The third kappa shape index (κ3) is 3.47. The van der Waals surface area contributed by atoms with E-state index in [0.29, 0.717) is 18.2 Å². The van der Waals surface area contributed by atoms with Gasteiger partial charge >= 0.3 is 0 Å². The zero-order chi connectivity index (χ0) is 17.1. The Kier molecular flexibility index (Phi) is 4.33. The maximum absolute atomic E-state index is 12.3. The molecule has 25 heavy (non-hydrogen) atoms. The largest absolute Gasteiger partial charge is 0.493 e. The predicted molar refractivity (Wildman–Crippen MR) is 96.1 cm³/mol. The Balaban J connectivity index is 1.48. The van der Waals surface area contributed by atoms with Gasteiger partial charge in [-0.2, -0.15) is 0 Å². The Bertz CT molecular complexity index is 910. The molecule has 0 spiro atoms. The van der Waals surface area contributed by atoms with Crippen molar-refractivity contribution in [3.05, 3.63) is 65.3 Å². The quantitative estimate of drug-likeness (QED) is 0.732. The third-order valence-electron chi connectivity index (χ3n) is 4.54. The van der Waals surface area contributed by atoms with Crippen molar-refractivity contribution >= 4 is 11.5 Å². The second-order valence-corrected chi connectivity index (χ2v) is 6.33. The zero-order valence-corrected chi connectivity index (χ0v) is 13.9. The van der Waals surface area contributed by atoms with Crippen LogP contribution in [-0.2, 0) is 0 Å². The van der Waals surface area contributed by atoms with Crippen molar-refractivity contribution < 1.29 is 4.74 Å². The van der Waals surface area contributed by atoms with E-state index in [4.69, 9.17) is 4.74 Å². The fourth-order valence-electron chi connectivity index (χ4n) is 3.26. The minimum atomic E-state index is -0.0456. The van der Waals surface area contributed by atoms with E-state index in [2.05, 4.69) is 14.9 Å². The van der Waals surface area contributed by atoms with Gasteiger partial charge in [0.15, 0.2) is 0 Å². The molecule has 1 aliphatic rings. The minimum Gasteiger partial charge on any atom is -0.493 e. The van der Waals surface area contributed by atoms with Gasteiger partial charge in [0.2, 0.25) is 0 Å². The molecule has 4 rings (SSSR count). The number of hydrogen-bond acceptors (Lipinski definition) is 5. The van der Waals surface area contributed by atoms with E-state index in [0.717, 1.165) is 37.5 Å². The van der Waals surface area contributed by atoms with E-state index in [1.54, 1.807) is 29.1 Å². The molecule has 1 atom stereocenters. The molecule has 3 aromatic rings. The SMILES string of the molecule is O=c1cc(N2CCCC(COc3ccncc3)C2)nc2ccccn12. The summed E-state index contributed by atoms with van der Waals surface area (Å²) in [6, 6.07) is 11.0. The molecule has 1 fully saturated rings. The molecule has 0 radical (unpaired) electrons. The number of hydrogen-bond donors (Lipinski definition) is 0. The van der Waals surface area contributed by atoms with Crippen molar-refractivity contribution in [1.29, 1.82) is 0 Å². The Morgan fingerprint density at radius 3 is 2.96 bits per heavy atom. The van der Waals surface area contributed by atoms with E-state index in [-0.39, 0.29) is 5.56 Å². The average Bonchev–Trinajstić information content (AvgIpc) is 2.67. The fourth-order valence-corrected chi connectivity index (χ4v) is 3.26. The van der Waals surface area contributed by atoms with Crippen LogP contribution < -0.4 is 15.2 Å². The highest BCUT2D eigenvalue weighted by atomic mass is 16.5. The molecular formula is C19H20N4O2. The molecule has 0 N–H and O–H groups in total. The number of fused-ring (bicyclic) bond motifs is 1. The highest BCUT2D eigenvalue weighted by Gasteiger charge is 2.22. The third-order valence-corrected chi connectivity index (χ3v) is 4.54. The van der Waals surface area contributed by atoms with Crippen LogP contribution in [0.15, 0.2) is 59.8 Å². The minimum absolute atomic E-state index is 0.0456. The summed E-state index contributed by atoms with van der Waals surface area (Å²) >= 11 is 0. The monoisotopic (exact) mass is 336 g/mol. The molecule has 0 bridgehead atoms. The number of piperidine rings is 1. The van der Waals surface area contributed by atoms with Crippen LogP contribution in [0, 0.1) is 5.92 Å². The lowest BCUT2D eigenvalue weighted by Gasteiger charge is -2.33. The maximum atomic E-state index is 12.3. The van der Waals surface area contributed by atoms with Gasteiger partial charge in [-0.15, -0.1) is 0 Å². The first kappa shape index (κ1) is 15.6. The van der Waals surface area contributed by atoms with E-state index in [1.807, 2.05) is 30.3 Å². The molecule has 1 unspecified atom stereocenters. The van der Waals surface area contributed by atoms with Crippen molar-refractivity contribution in [2.24, 2.45) is 5.92 Å². The van der Waals surface area contributed by atoms with Crippen molar-refractivity contribution in [3.8, 4) is 5.75 Å². The Labute approximate surface area is 145 Å². The molecule has 0 saturated carbocycles. The summed E-state index contributed by atoms with van der Waals surface area (Å²) in [5.74, 6) is 2.01. The van der Waals surface area contributed by atoms with Gasteiger partial charge in [0, 0.05) is 43.7 Å². The summed E-state index contributed by atoms with van der Waals surface area (Å²) in [6.07, 6.45) is 7.40. The van der Waals surface area contributed by atoms with Gasteiger partial charge in [0.05, 0.1) is 6.61 Å². The van der Waals surface area contributed by atoms with Crippen LogP contribution in [0.3, 0.4) is 0 Å². The normalized spacial score (nSPS) is 17.6. The van der Waals surface area contributed by atoms with Gasteiger partial charge in [-0.3, -0.25) is 14.2 Å². The van der Waals surface area contributed by atoms with Crippen molar-refractivity contribution in [2.45, 2.75) is 12.8 Å². The van der Waals surface area contributed by atoms with E-state index < -0.39 is 0 Å². The van der Waals surface area contributed by atoms with E-state index >= 15 is 0 Å². The van der Waals surface area contributed by atoms with Crippen LogP contribution in [0.5, 0.6) is 5.75 Å². The lowest BCUT2D eigenvalue weighted by molar-refractivity contribution is 0.228. The molecule has 0 aliphatic carbocycles. The standard InChI is InChI=1S/C19H20N4O2/c24-19-12-18(21-17-5-1-2-11-23(17)19)22-10-3-4-15(13-22)14-25-16-6-8-20-9-7-16/h1-2,5-9,11-12,15H,3-4,10,13-14H2. The first-order valence-electron chi connectivity index (χ1n) is 8.56. The Morgan fingerprint density at radius 1 is 1.20 bits per heavy atom. The fraction of sp³-hybridized carbons (Fsp3) is 0.316. The van der Waals surface area contributed by atoms with Crippen LogP contribution >= 0.6 is 0 Å². The van der Waals surface area contributed by atoms with E-state index in [1.165, 1.54) is 0 Å². The number of rotatable bonds is 4. The van der Waals surface area contributed by atoms with Crippen LogP contribution in [0.2, 0.25) is 0 Å². The van der Waals surface area contributed by atoms with Gasteiger partial charge in [-0.05, 0) is 37.1 Å². The zero-order valence-electron chi connectivity index (χ0n) is 13.9. The first-order valence-corrected chi connectivity index (χ1v) is 8.56. The van der Waals surface area contributed by atoms with Crippen molar-refractivity contribution in [1.82, 2.24) is 14.4 Å². The molecule has 0 amide bonds. The van der Waals surface area contributed by atoms with Gasteiger partial charge in [0.25, 0.3) is 5.56 Å². The maximum Gasteiger partial charge on any atom is 0.259 e. The lowest BCUT2D eigenvalue weighted by atomic mass is 9.99. The van der Waals surface area contributed by atoms with Gasteiger partial charge in [0.1, 0.15) is 17.2 Å². The van der Waals surface area contributed by atoms with Gasteiger partial charge in [-0.1, -0.05) is 6.07 Å². The van der Waals surface area contributed by atoms with Crippen molar-refractivity contribution in [2.75, 3.05) is 24.6 Å². The van der Waals surface area contributed by atoms with E-state index in [9.17, 15) is 4.79 Å². The van der Waals surface area contributed by atoms with Crippen molar-refractivity contribution in [3.63, 3.8) is 0 Å². The smallest absolute Gasteiger partial charge is 0.259 e. The van der Waals surface area contributed by atoms with Gasteiger partial charge in [-0.25, -0.2) is 4.98 Å². The molecule has 3 aromatic heterocycles.